The number of hydrogen-bond acceptors (Lipinski definition) is 2. The van der Waals surface area contributed by atoms with Crippen LogP contribution in [-0.4, -0.2) is 40.5 Å². The number of amides is 2. The van der Waals surface area contributed by atoms with Gasteiger partial charge in [-0.3, -0.25) is 9.59 Å². The molecule has 2 amide bonds. The number of para-hydroxylation sites is 1. The second-order valence-corrected chi connectivity index (χ2v) is 5.66. The van der Waals surface area contributed by atoms with Gasteiger partial charge in [-0.05, 0) is 18.1 Å². The Labute approximate surface area is 127 Å². The molecule has 1 aliphatic rings. The molecular weight excluding hydrogens is 285 g/mol. The van der Waals surface area contributed by atoms with Crippen molar-refractivity contribution in [3.05, 3.63) is 36.0 Å². The van der Waals surface area contributed by atoms with Gasteiger partial charge in [0.25, 0.3) is 0 Å². The van der Waals surface area contributed by atoms with E-state index >= 15 is 0 Å². The highest BCUT2D eigenvalue weighted by molar-refractivity contribution is 5.88. The number of nitrogens with one attached hydrogen (secondary N) is 1. The van der Waals surface area contributed by atoms with Crippen LogP contribution in [0.1, 0.15) is 18.4 Å². The van der Waals surface area contributed by atoms with Crippen LogP contribution in [0.3, 0.4) is 0 Å². The number of nitrogens with zero attached hydrogens (tertiary/aromatic N) is 1. The van der Waals surface area contributed by atoms with E-state index in [1.807, 2.05) is 30.5 Å². The van der Waals surface area contributed by atoms with Gasteiger partial charge in [-0.15, -0.1) is 0 Å². The van der Waals surface area contributed by atoms with Crippen molar-refractivity contribution in [1.82, 2.24) is 9.88 Å². The average molecular weight is 303 g/mol. The first-order chi connectivity index (χ1) is 10.6. The molecule has 116 valence electrons. The Bertz CT molecular complexity index is 712. The Morgan fingerprint density at radius 3 is 2.91 bits per heavy atom. The number of aryl methyl sites for hydroxylation is 1. The van der Waals surface area contributed by atoms with Crippen LogP contribution >= 0.6 is 0 Å². The maximum Gasteiger partial charge on any atom is 0.240 e. The van der Waals surface area contributed by atoms with Gasteiger partial charge in [-0.2, -0.15) is 0 Å². The van der Waals surface area contributed by atoms with Crippen LogP contribution < -0.4 is 5.73 Å². The van der Waals surface area contributed by atoms with Crippen molar-refractivity contribution in [1.29, 1.82) is 0 Å². The van der Waals surface area contributed by atoms with Gasteiger partial charge in [-0.1, -0.05) is 18.2 Å². The highest BCUT2D eigenvalue weighted by atomic mass is 19.1. The lowest BCUT2D eigenvalue weighted by Crippen LogP contribution is -2.43. The van der Waals surface area contributed by atoms with E-state index in [1.54, 1.807) is 0 Å². The molecule has 22 heavy (non-hydrogen) atoms. The number of benzene rings is 1. The van der Waals surface area contributed by atoms with Crippen LogP contribution in [0.15, 0.2) is 30.5 Å². The Hall–Kier alpha value is -2.37. The number of halogens is 1. The van der Waals surface area contributed by atoms with Crippen molar-refractivity contribution in [3.8, 4) is 0 Å². The minimum Gasteiger partial charge on any atom is -0.368 e. The number of nitrogens with two attached hydrogens (primary N) is 1. The van der Waals surface area contributed by atoms with E-state index < -0.39 is 18.1 Å². The molecule has 0 bridgehead atoms. The highest BCUT2D eigenvalue weighted by Gasteiger charge is 2.38. The molecule has 1 fully saturated rings. The summed E-state index contributed by atoms with van der Waals surface area (Å²) >= 11 is 0. The first-order valence-corrected chi connectivity index (χ1v) is 7.34. The molecule has 5 nitrogen and oxygen atoms in total. The zero-order chi connectivity index (χ0) is 15.7. The summed E-state index contributed by atoms with van der Waals surface area (Å²) in [6.07, 6.45) is 1.49. The van der Waals surface area contributed by atoms with Gasteiger partial charge in [0, 0.05) is 29.9 Å². The van der Waals surface area contributed by atoms with Crippen molar-refractivity contribution < 1.29 is 14.0 Å². The maximum absolute atomic E-state index is 13.5. The zero-order valence-electron chi connectivity index (χ0n) is 12.1. The van der Waals surface area contributed by atoms with E-state index in [2.05, 4.69) is 4.98 Å². The summed E-state index contributed by atoms with van der Waals surface area (Å²) in [5.74, 6) is -0.866. The quantitative estimate of drug-likeness (QED) is 0.898. The number of carbonyl (C=O) groups is 2. The van der Waals surface area contributed by atoms with E-state index in [4.69, 9.17) is 5.73 Å². The van der Waals surface area contributed by atoms with Gasteiger partial charge >= 0.3 is 0 Å². The largest absolute Gasteiger partial charge is 0.368 e. The third-order valence-electron chi connectivity index (χ3n) is 4.18. The van der Waals surface area contributed by atoms with Gasteiger partial charge in [0.1, 0.15) is 12.2 Å². The summed E-state index contributed by atoms with van der Waals surface area (Å²) < 4.78 is 13.5. The summed E-state index contributed by atoms with van der Waals surface area (Å²) in [4.78, 5) is 28.0. The van der Waals surface area contributed by atoms with Crippen LogP contribution in [0.2, 0.25) is 0 Å². The first-order valence-electron chi connectivity index (χ1n) is 7.34. The molecule has 0 radical (unpaired) electrons. The number of H-pyrrole nitrogens is 1. The molecule has 0 spiro atoms. The molecule has 0 aliphatic carbocycles. The third-order valence-corrected chi connectivity index (χ3v) is 4.18. The summed E-state index contributed by atoms with van der Waals surface area (Å²) in [6.45, 7) is -0.0413. The number of primary amides is 1. The second-order valence-electron chi connectivity index (χ2n) is 5.66. The molecule has 0 unspecified atom stereocenters. The van der Waals surface area contributed by atoms with Crippen LogP contribution in [0.25, 0.3) is 10.9 Å². The normalized spacial score (nSPS) is 21.4. The zero-order valence-corrected chi connectivity index (χ0v) is 12.1. The average Bonchev–Trinajstić information content (AvgIpc) is 3.08. The standard InChI is InChI=1S/C16H18FN3O2/c17-11-7-14(16(18)22)20(9-11)15(21)6-5-10-8-19-13-4-2-1-3-12(10)13/h1-4,8,11,14,19H,5-7,9H2,(H2,18,22)/t11-,14+/m1/s1. The van der Waals surface area contributed by atoms with Crippen LogP contribution in [0.5, 0.6) is 0 Å². The Morgan fingerprint density at radius 1 is 1.36 bits per heavy atom. The predicted octanol–water partition coefficient (Wildman–Crippen LogP) is 1.52. The molecule has 6 heteroatoms. The van der Waals surface area contributed by atoms with Gasteiger partial charge in [0.05, 0.1) is 6.54 Å². The van der Waals surface area contributed by atoms with Gasteiger partial charge < -0.3 is 15.6 Å². The maximum atomic E-state index is 13.5. The molecule has 3 rings (SSSR count). The minimum absolute atomic E-state index is 0.00809. The van der Waals surface area contributed by atoms with E-state index in [9.17, 15) is 14.0 Å². The van der Waals surface area contributed by atoms with Crippen molar-refractivity contribution >= 4 is 22.7 Å². The number of fused-ring (bicyclic) bond motifs is 1. The van der Waals surface area contributed by atoms with Gasteiger partial charge in [0.2, 0.25) is 11.8 Å². The van der Waals surface area contributed by atoms with Crippen molar-refractivity contribution in [2.24, 2.45) is 5.73 Å². The molecule has 2 aromatic rings. The number of alkyl halides is 1. The van der Waals surface area contributed by atoms with Crippen LogP contribution in [0.4, 0.5) is 4.39 Å². The molecule has 1 aromatic carbocycles. The Kier molecular flexibility index (Phi) is 3.83. The van der Waals surface area contributed by atoms with Crippen molar-refractivity contribution in [2.45, 2.75) is 31.5 Å². The molecule has 2 heterocycles. The topological polar surface area (TPSA) is 79.2 Å². The fourth-order valence-electron chi connectivity index (χ4n) is 3.05. The van der Waals surface area contributed by atoms with E-state index in [1.165, 1.54) is 4.90 Å². The number of hydrogen-bond donors (Lipinski definition) is 2. The second kappa shape index (κ2) is 5.79. The summed E-state index contributed by atoms with van der Waals surface area (Å²) in [5.41, 5.74) is 7.30. The fraction of sp³-hybridized carbons (Fsp3) is 0.375. The van der Waals surface area contributed by atoms with Gasteiger partial charge in [0.15, 0.2) is 0 Å². The summed E-state index contributed by atoms with van der Waals surface area (Å²) in [5, 5.41) is 1.08. The van der Waals surface area contributed by atoms with Crippen LogP contribution in [-0.2, 0) is 16.0 Å². The monoisotopic (exact) mass is 303 g/mol. The number of aromatic nitrogens is 1. The van der Waals surface area contributed by atoms with E-state index in [-0.39, 0.29) is 25.3 Å². The van der Waals surface area contributed by atoms with E-state index in [0.29, 0.717) is 6.42 Å². The van der Waals surface area contributed by atoms with Gasteiger partial charge in [-0.25, -0.2) is 4.39 Å². The minimum atomic E-state index is -1.17. The predicted molar refractivity (Wildman–Crippen MR) is 80.8 cm³/mol. The molecule has 2 atom stereocenters. The van der Waals surface area contributed by atoms with E-state index in [0.717, 1.165) is 16.5 Å². The Balaban J connectivity index is 1.68. The molecule has 1 saturated heterocycles. The summed E-state index contributed by atoms with van der Waals surface area (Å²) in [6, 6.07) is 7.03. The van der Waals surface area contributed by atoms with Crippen LogP contribution in [0, 0.1) is 0 Å². The SMILES string of the molecule is NC(=O)[C@@H]1C[C@@H](F)CN1C(=O)CCc1c[nH]c2ccccc12. The molecule has 3 N–H and O–H groups in total. The molecule has 1 aromatic heterocycles. The summed E-state index contributed by atoms with van der Waals surface area (Å²) in [7, 11) is 0. The highest BCUT2D eigenvalue weighted by Crippen LogP contribution is 2.23. The molecule has 1 aliphatic heterocycles. The Morgan fingerprint density at radius 2 is 2.14 bits per heavy atom. The smallest absolute Gasteiger partial charge is 0.240 e. The molecule has 0 saturated carbocycles. The number of carbonyl (C=O) groups excluding carboxylic acids is 2. The number of rotatable bonds is 4. The number of likely N-dealkylation sites (tertiary alicyclic amines) is 1. The lowest BCUT2D eigenvalue weighted by atomic mass is 10.1. The van der Waals surface area contributed by atoms with Crippen molar-refractivity contribution in [2.75, 3.05) is 6.54 Å². The number of aromatic amines is 1. The third kappa shape index (κ3) is 2.68. The molecular formula is C16H18FN3O2. The van der Waals surface area contributed by atoms with Crippen molar-refractivity contribution in [3.63, 3.8) is 0 Å². The lowest BCUT2D eigenvalue weighted by Gasteiger charge is -2.21. The first kappa shape index (κ1) is 14.6. The lowest BCUT2D eigenvalue weighted by molar-refractivity contribution is -0.137. The fourth-order valence-corrected chi connectivity index (χ4v) is 3.05.